The Morgan fingerprint density at radius 3 is 2.35 bits per heavy atom. The highest BCUT2D eigenvalue weighted by molar-refractivity contribution is 5.20. The van der Waals surface area contributed by atoms with E-state index in [1.54, 1.807) is 0 Å². The Kier molecular flexibility index (Phi) is 3.36. The topological polar surface area (TPSA) is 25.4 Å². The van der Waals surface area contributed by atoms with Gasteiger partial charge >= 0.3 is 6.18 Å². The molecule has 0 amide bonds. The Labute approximate surface area is 115 Å². The van der Waals surface area contributed by atoms with Crippen molar-refractivity contribution in [3.8, 4) is 5.88 Å². The van der Waals surface area contributed by atoms with Gasteiger partial charge in [0, 0.05) is 24.3 Å². The van der Waals surface area contributed by atoms with E-state index in [4.69, 9.17) is 4.74 Å². The van der Waals surface area contributed by atoms with E-state index in [0.29, 0.717) is 12.1 Å². The lowest BCUT2D eigenvalue weighted by Crippen LogP contribution is -2.43. The van der Waals surface area contributed by atoms with Crippen LogP contribution in [0.15, 0.2) is 18.3 Å². The lowest BCUT2D eigenvalue weighted by atomic mass is 10.0. The van der Waals surface area contributed by atoms with Crippen LogP contribution in [-0.2, 0) is 6.18 Å². The number of nitrogens with zero attached hydrogens (tertiary/aromatic N) is 2. The number of aromatic nitrogens is 1. The maximum atomic E-state index is 12.4. The zero-order valence-corrected chi connectivity index (χ0v) is 11.2. The number of rotatable bonds is 2. The molecule has 0 aliphatic carbocycles. The Balaban J connectivity index is 1.64. The van der Waals surface area contributed by atoms with Crippen molar-refractivity contribution < 1.29 is 17.9 Å². The van der Waals surface area contributed by atoms with E-state index in [-0.39, 0.29) is 12.0 Å². The fraction of sp³-hybridized carbons (Fsp3) is 0.643. The molecule has 2 saturated heterocycles. The summed E-state index contributed by atoms with van der Waals surface area (Å²) in [6.45, 7) is 0. The van der Waals surface area contributed by atoms with Gasteiger partial charge in [-0.2, -0.15) is 13.2 Å². The van der Waals surface area contributed by atoms with Crippen LogP contribution in [0.4, 0.5) is 13.2 Å². The molecule has 3 atom stereocenters. The summed E-state index contributed by atoms with van der Waals surface area (Å²) in [5, 5.41) is 0. The van der Waals surface area contributed by atoms with Gasteiger partial charge < -0.3 is 9.64 Å². The van der Waals surface area contributed by atoms with Gasteiger partial charge in [0.15, 0.2) is 0 Å². The van der Waals surface area contributed by atoms with Gasteiger partial charge in [0.1, 0.15) is 6.10 Å². The average Bonchev–Trinajstić information content (AvgIpc) is 2.62. The first kappa shape index (κ1) is 13.7. The minimum Gasteiger partial charge on any atom is -0.474 e. The van der Waals surface area contributed by atoms with E-state index in [0.717, 1.165) is 25.1 Å². The Morgan fingerprint density at radius 2 is 1.85 bits per heavy atom. The van der Waals surface area contributed by atoms with Gasteiger partial charge in [-0.3, -0.25) is 0 Å². The maximum Gasteiger partial charge on any atom is 0.417 e. The van der Waals surface area contributed by atoms with E-state index in [2.05, 4.69) is 16.9 Å². The van der Waals surface area contributed by atoms with Crippen LogP contribution in [0.25, 0.3) is 0 Å². The predicted molar refractivity (Wildman–Crippen MR) is 67.5 cm³/mol. The van der Waals surface area contributed by atoms with Crippen molar-refractivity contribution in [2.75, 3.05) is 7.05 Å². The molecule has 3 heterocycles. The third-order valence-electron chi connectivity index (χ3n) is 4.41. The minimum atomic E-state index is -4.35. The summed E-state index contributed by atoms with van der Waals surface area (Å²) in [5.41, 5.74) is -0.742. The zero-order valence-electron chi connectivity index (χ0n) is 11.2. The average molecular weight is 286 g/mol. The molecular weight excluding hydrogens is 269 g/mol. The second kappa shape index (κ2) is 4.91. The number of hydrogen-bond donors (Lipinski definition) is 0. The monoisotopic (exact) mass is 286 g/mol. The van der Waals surface area contributed by atoms with E-state index < -0.39 is 11.7 Å². The fourth-order valence-corrected chi connectivity index (χ4v) is 3.25. The van der Waals surface area contributed by atoms with Crippen molar-refractivity contribution in [1.29, 1.82) is 0 Å². The first-order valence-electron chi connectivity index (χ1n) is 6.85. The molecule has 1 unspecified atom stereocenters. The molecule has 0 spiro atoms. The number of fused-ring (bicyclic) bond motifs is 2. The van der Waals surface area contributed by atoms with Gasteiger partial charge in [0.05, 0.1) is 5.56 Å². The number of pyridine rings is 1. The first-order chi connectivity index (χ1) is 9.43. The van der Waals surface area contributed by atoms with Crippen LogP contribution in [0.5, 0.6) is 5.88 Å². The maximum absolute atomic E-state index is 12.4. The summed E-state index contributed by atoms with van der Waals surface area (Å²) in [6.07, 6.45) is 0.763. The quantitative estimate of drug-likeness (QED) is 0.835. The van der Waals surface area contributed by atoms with Crippen LogP contribution >= 0.6 is 0 Å². The van der Waals surface area contributed by atoms with Crippen LogP contribution < -0.4 is 4.74 Å². The highest BCUT2D eigenvalue weighted by atomic mass is 19.4. The molecular formula is C14H17F3N2O. The first-order valence-corrected chi connectivity index (χ1v) is 6.85. The van der Waals surface area contributed by atoms with Crippen molar-refractivity contribution in [1.82, 2.24) is 9.88 Å². The molecule has 3 nitrogen and oxygen atoms in total. The van der Waals surface area contributed by atoms with E-state index in [9.17, 15) is 13.2 Å². The zero-order chi connectivity index (χ0) is 14.3. The Morgan fingerprint density at radius 1 is 1.20 bits per heavy atom. The van der Waals surface area contributed by atoms with Crippen LogP contribution in [0.1, 0.15) is 31.2 Å². The van der Waals surface area contributed by atoms with E-state index in [1.807, 2.05) is 0 Å². The van der Waals surface area contributed by atoms with Crippen molar-refractivity contribution in [3.63, 3.8) is 0 Å². The predicted octanol–water partition coefficient (Wildman–Crippen LogP) is 3.10. The number of ether oxygens (including phenoxy) is 1. The smallest absolute Gasteiger partial charge is 0.417 e. The normalized spacial score (nSPS) is 30.5. The summed E-state index contributed by atoms with van der Waals surface area (Å²) in [5.74, 6) is 0.284. The summed E-state index contributed by atoms with van der Waals surface area (Å²) >= 11 is 0. The molecule has 3 rings (SSSR count). The van der Waals surface area contributed by atoms with Crippen molar-refractivity contribution >= 4 is 0 Å². The third kappa shape index (κ3) is 2.61. The highest BCUT2D eigenvalue weighted by Gasteiger charge is 2.39. The minimum absolute atomic E-state index is 0.0629. The molecule has 20 heavy (non-hydrogen) atoms. The molecule has 0 radical (unpaired) electrons. The molecule has 2 aliphatic heterocycles. The fourth-order valence-electron chi connectivity index (χ4n) is 3.25. The summed E-state index contributed by atoms with van der Waals surface area (Å²) < 4.78 is 43.1. The number of hydrogen-bond acceptors (Lipinski definition) is 3. The number of alkyl halides is 3. The summed E-state index contributed by atoms with van der Waals surface area (Å²) in [4.78, 5) is 6.16. The van der Waals surface area contributed by atoms with E-state index >= 15 is 0 Å². The van der Waals surface area contributed by atoms with Gasteiger partial charge in [-0.25, -0.2) is 4.98 Å². The Hall–Kier alpha value is -1.30. The molecule has 2 fully saturated rings. The Bertz CT molecular complexity index is 460. The van der Waals surface area contributed by atoms with Gasteiger partial charge in [-0.15, -0.1) is 0 Å². The molecule has 1 aromatic heterocycles. The van der Waals surface area contributed by atoms with Crippen LogP contribution in [0.2, 0.25) is 0 Å². The van der Waals surface area contributed by atoms with Gasteiger partial charge in [0.25, 0.3) is 0 Å². The number of halogens is 3. The lowest BCUT2D eigenvalue weighted by Gasteiger charge is -2.36. The van der Waals surface area contributed by atoms with Gasteiger partial charge in [0.2, 0.25) is 5.88 Å². The van der Waals surface area contributed by atoms with Gasteiger partial charge in [-0.05, 0) is 38.8 Å². The molecule has 0 saturated carbocycles. The standard InChI is InChI=1S/C14H17F3N2O/c1-19-10-3-4-11(19)7-12(6-10)20-13-5-2-9(8-18-13)14(15,16)17/h2,5,8,10-12H,3-4,6-7H2,1H3/t10-,11+,12?. The summed E-state index contributed by atoms with van der Waals surface area (Å²) in [6, 6.07) is 3.40. The van der Waals surface area contributed by atoms with Crippen LogP contribution in [0.3, 0.4) is 0 Å². The molecule has 6 heteroatoms. The van der Waals surface area contributed by atoms with E-state index in [1.165, 1.54) is 18.9 Å². The lowest BCUT2D eigenvalue weighted by molar-refractivity contribution is -0.137. The molecule has 0 aromatic carbocycles. The third-order valence-corrected chi connectivity index (χ3v) is 4.41. The second-order valence-electron chi connectivity index (χ2n) is 5.64. The summed E-state index contributed by atoms with van der Waals surface area (Å²) in [7, 11) is 2.13. The highest BCUT2D eigenvalue weighted by Crippen LogP contribution is 2.36. The molecule has 1 aromatic rings. The number of piperidine rings is 1. The van der Waals surface area contributed by atoms with Gasteiger partial charge in [-0.1, -0.05) is 0 Å². The van der Waals surface area contributed by atoms with Crippen molar-refractivity contribution in [3.05, 3.63) is 23.9 Å². The molecule has 0 N–H and O–H groups in total. The second-order valence-corrected chi connectivity index (χ2v) is 5.64. The molecule has 2 aliphatic rings. The molecule has 110 valence electrons. The van der Waals surface area contributed by atoms with Crippen LogP contribution in [0, 0.1) is 0 Å². The van der Waals surface area contributed by atoms with Crippen molar-refractivity contribution in [2.45, 2.75) is 50.0 Å². The van der Waals surface area contributed by atoms with Crippen molar-refractivity contribution in [2.24, 2.45) is 0 Å². The van der Waals surface area contributed by atoms with Crippen LogP contribution in [-0.4, -0.2) is 35.1 Å². The molecule has 2 bridgehead atoms. The SMILES string of the molecule is CN1[C@@H]2CC[C@H]1CC(Oc1ccc(C(F)(F)F)cn1)C2. The largest absolute Gasteiger partial charge is 0.474 e.